The van der Waals surface area contributed by atoms with E-state index in [9.17, 15) is 4.39 Å². The van der Waals surface area contributed by atoms with Crippen molar-refractivity contribution >= 4 is 45.5 Å². The second kappa shape index (κ2) is 8.88. The fraction of sp³-hybridized carbons (Fsp3) is 0.348. The summed E-state index contributed by atoms with van der Waals surface area (Å²) in [6.07, 6.45) is 4.32. The van der Waals surface area contributed by atoms with Crippen LogP contribution >= 0.6 is 11.6 Å². The van der Waals surface area contributed by atoms with Gasteiger partial charge >= 0.3 is 0 Å². The Hall–Kier alpha value is -2.97. The van der Waals surface area contributed by atoms with Gasteiger partial charge in [-0.2, -0.15) is 0 Å². The molecule has 2 aliphatic heterocycles. The Kier molecular flexibility index (Phi) is 5.80. The molecule has 2 fully saturated rings. The molecule has 9 heteroatoms. The smallest absolute Gasteiger partial charge is 0.147 e. The third-order valence-electron chi connectivity index (χ3n) is 5.66. The summed E-state index contributed by atoms with van der Waals surface area (Å²) in [5.41, 5.74) is 2.07. The number of aliphatic imine (C=N–C) groups is 1. The fourth-order valence-corrected chi connectivity index (χ4v) is 4.10. The lowest BCUT2D eigenvalue weighted by Gasteiger charge is -2.17. The summed E-state index contributed by atoms with van der Waals surface area (Å²) in [5.74, 6) is 1.81. The van der Waals surface area contributed by atoms with Crippen LogP contribution in [-0.2, 0) is 4.74 Å². The highest BCUT2D eigenvalue weighted by Crippen LogP contribution is 2.37. The van der Waals surface area contributed by atoms with Gasteiger partial charge in [0.25, 0.3) is 0 Å². The van der Waals surface area contributed by atoms with Crippen LogP contribution < -0.4 is 10.1 Å². The Balaban J connectivity index is 1.57. The molecule has 5 rings (SSSR count). The quantitative estimate of drug-likeness (QED) is 0.577. The van der Waals surface area contributed by atoms with E-state index in [1.54, 1.807) is 6.07 Å². The Morgan fingerprint density at radius 1 is 1.28 bits per heavy atom. The van der Waals surface area contributed by atoms with Crippen molar-refractivity contribution in [1.82, 2.24) is 14.9 Å². The van der Waals surface area contributed by atoms with Crippen molar-refractivity contribution in [2.24, 2.45) is 4.99 Å². The van der Waals surface area contributed by atoms with Crippen LogP contribution in [-0.4, -0.2) is 53.6 Å². The van der Waals surface area contributed by atoms with Gasteiger partial charge in [0, 0.05) is 43.6 Å². The average molecular weight is 456 g/mol. The van der Waals surface area contributed by atoms with Crippen molar-refractivity contribution in [3.8, 4) is 5.75 Å². The largest absolute Gasteiger partial charge is 0.486 e. The number of likely N-dealkylation sites (tertiary alicyclic amines) is 1. The van der Waals surface area contributed by atoms with E-state index in [0.29, 0.717) is 36.0 Å². The molecule has 0 saturated carbocycles. The minimum Gasteiger partial charge on any atom is -0.486 e. The van der Waals surface area contributed by atoms with Gasteiger partial charge in [-0.15, -0.1) is 0 Å². The molecule has 2 saturated heterocycles. The first kappa shape index (κ1) is 20.9. The standard InChI is InChI=1S/C23H23ClFN5O2/c1-30-7-2-3-22(30)29-20-10-16-19(11-21(20)32-15-6-8-31-12-15)26-13-27-23(16)28-14-4-5-18(25)17(24)9-14/h4-5,9-11,13,15H,2-3,6-8,12H2,1H3,(H,26,27,28)/t15-/m0/s1. The third-order valence-corrected chi connectivity index (χ3v) is 5.95. The fourth-order valence-electron chi connectivity index (χ4n) is 3.92. The summed E-state index contributed by atoms with van der Waals surface area (Å²) in [6, 6.07) is 8.29. The monoisotopic (exact) mass is 455 g/mol. The van der Waals surface area contributed by atoms with Gasteiger partial charge in [0.1, 0.15) is 41.3 Å². The van der Waals surface area contributed by atoms with E-state index in [2.05, 4.69) is 20.2 Å². The predicted molar refractivity (Wildman–Crippen MR) is 123 cm³/mol. The lowest BCUT2D eigenvalue weighted by atomic mass is 10.1. The highest BCUT2D eigenvalue weighted by molar-refractivity contribution is 6.31. The van der Waals surface area contributed by atoms with Gasteiger partial charge in [-0.25, -0.2) is 19.4 Å². The number of fused-ring (bicyclic) bond motifs is 1. The maximum absolute atomic E-state index is 13.6. The van der Waals surface area contributed by atoms with Crippen LogP contribution in [0.1, 0.15) is 19.3 Å². The molecule has 0 radical (unpaired) electrons. The van der Waals surface area contributed by atoms with Gasteiger partial charge in [-0.1, -0.05) is 11.6 Å². The number of rotatable bonds is 5. The van der Waals surface area contributed by atoms with Gasteiger partial charge in [0.05, 0.1) is 23.8 Å². The van der Waals surface area contributed by atoms with Crippen molar-refractivity contribution in [2.45, 2.75) is 25.4 Å². The van der Waals surface area contributed by atoms with Crippen molar-refractivity contribution in [3.63, 3.8) is 0 Å². The van der Waals surface area contributed by atoms with Crippen molar-refractivity contribution in [3.05, 3.63) is 47.5 Å². The summed E-state index contributed by atoms with van der Waals surface area (Å²) in [7, 11) is 2.05. The van der Waals surface area contributed by atoms with Gasteiger partial charge in [-0.3, -0.25) is 0 Å². The van der Waals surface area contributed by atoms with Crippen LogP contribution in [0.4, 0.5) is 21.6 Å². The van der Waals surface area contributed by atoms with E-state index in [4.69, 9.17) is 26.1 Å². The molecule has 0 bridgehead atoms. The molecule has 1 N–H and O–H groups in total. The predicted octanol–water partition coefficient (Wildman–Crippen LogP) is 5.09. The van der Waals surface area contributed by atoms with E-state index in [0.717, 1.165) is 42.7 Å². The topological polar surface area (TPSA) is 71.9 Å². The minimum atomic E-state index is -0.471. The normalized spacial score (nSPS) is 19.8. The molecule has 0 amide bonds. The number of nitrogens with one attached hydrogen (secondary N) is 1. The van der Waals surface area contributed by atoms with E-state index >= 15 is 0 Å². The Morgan fingerprint density at radius 3 is 2.94 bits per heavy atom. The zero-order valence-corrected chi connectivity index (χ0v) is 18.4. The molecule has 3 heterocycles. The Bertz CT molecular complexity index is 1180. The van der Waals surface area contributed by atoms with Crippen LogP contribution in [0.5, 0.6) is 5.75 Å². The lowest BCUT2D eigenvalue weighted by molar-refractivity contribution is 0.142. The first-order chi connectivity index (χ1) is 15.6. The lowest BCUT2D eigenvalue weighted by Crippen LogP contribution is -2.19. The summed E-state index contributed by atoms with van der Waals surface area (Å²) >= 11 is 5.94. The molecule has 1 atom stereocenters. The molecule has 32 heavy (non-hydrogen) atoms. The maximum Gasteiger partial charge on any atom is 0.147 e. The van der Waals surface area contributed by atoms with E-state index in [-0.39, 0.29) is 11.1 Å². The molecule has 166 valence electrons. The molecule has 2 aromatic carbocycles. The number of nitrogens with zero attached hydrogens (tertiary/aromatic N) is 4. The number of halogens is 2. The number of amidine groups is 1. The Labute approximate surface area is 190 Å². The van der Waals surface area contributed by atoms with Crippen LogP contribution in [0.15, 0.2) is 41.7 Å². The van der Waals surface area contributed by atoms with E-state index in [1.165, 1.54) is 18.5 Å². The maximum atomic E-state index is 13.6. The van der Waals surface area contributed by atoms with Gasteiger partial charge < -0.3 is 19.7 Å². The molecule has 0 spiro atoms. The zero-order chi connectivity index (χ0) is 22.1. The van der Waals surface area contributed by atoms with Crippen LogP contribution in [0, 0.1) is 5.82 Å². The number of ether oxygens (including phenoxy) is 2. The first-order valence-electron chi connectivity index (χ1n) is 10.6. The molecule has 3 aromatic rings. The van der Waals surface area contributed by atoms with Crippen molar-refractivity contribution in [1.29, 1.82) is 0 Å². The molecule has 1 aromatic heterocycles. The number of hydrogen-bond donors (Lipinski definition) is 1. The molecule has 0 aliphatic carbocycles. The second-order valence-corrected chi connectivity index (χ2v) is 8.38. The summed E-state index contributed by atoms with van der Waals surface area (Å²) < 4.78 is 25.3. The summed E-state index contributed by atoms with van der Waals surface area (Å²) in [4.78, 5) is 15.9. The van der Waals surface area contributed by atoms with Gasteiger partial charge in [-0.05, 0) is 30.7 Å². The number of benzene rings is 2. The highest BCUT2D eigenvalue weighted by Gasteiger charge is 2.21. The van der Waals surface area contributed by atoms with Crippen LogP contribution in [0.3, 0.4) is 0 Å². The highest BCUT2D eigenvalue weighted by atomic mass is 35.5. The third kappa shape index (κ3) is 4.33. The zero-order valence-electron chi connectivity index (χ0n) is 17.6. The molecule has 2 aliphatic rings. The first-order valence-corrected chi connectivity index (χ1v) is 11.0. The van der Waals surface area contributed by atoms with E-state index < -0.39 is 5.82 Å². The molecule has 7 nitrogen and oxygen atoms in total. The second-order valence-electron chi connectivity index (χ2n) is 7.97. The Morgan fingerprint density at radius 2 is 2.19 bits per heavy atom. The number of aromatic nitrogens is 2. The average Bonchev–Trinajstić information content (AvgIpc) is 3.43. The van der Waals surface area contributed by atoms with Crippen molar-refractivity contribution in [2.75, 3.05) is 32.1 Å². The van der Waals surface area contributed by atoms with Crippen molar-refractivity contribution < 1.29 is 13.9 Å². The van der Waals surface area contributed by atoms with Gasteiger partial charge in [0.15, 0.2) is 0 Å². The number of anilines is 2. The molecular weight excluding hydrogens is 433 g/mol. The molecular formula is C23H23ClFN5O2. The van der Waals surface area contributed by atoms with Crippen LogP contribution in [0.25, 0.3) is 10.9 Å². The number of hydrogen-bond acceptors (Lipinski definition) is 6. The van der Waals surface area contributed by atoms with E-state index in [1.807, 2.05) is 19.2 Å². The van der Waals surface area contributed by atoms with Crippen LogP contribution in [0.2, 0.25) is 5.02 Å². The SMILES string of the molecule is CN1CCCC1=Nc1cc2c(Nc3ccc(F)c(Cl)c3)ncnc2cc1O[C@H]1CCOC1. The molecule has 0 unspecified atom stereocenters. The van der Waals surface area contributed by atoms with Gasteiger partial charge in [0.2, 0.25) is 0 Å². The minimum absolute atomic E-state index is 0.00602. The summed E-state index contributed by atoms with van der Waals surface area (Å²) in [5, 5.41) is 4.04. The summed E-state index contributed by atoms with van der Waals surface area (Å²) in [6.45, 7) is 2.25.